The van der Waals surface area contributed by atoms with E-state index in [1.807, 2.05) is 65.7 Å². The third-order valence-corrected chi connectivity index (χ3v) is 6.79. The van der Waals surface area contributed by atoms with Crippen LogP contribution in [0.5, 0.6) is 11.5 Å². The van der Waals surface area contributed by atoms with Gasteiger partial charge < -0.3 is 9.47 Å². The normalized spacial score (nSPS) is 18.2. The Bertz CT molecular complexity index is 1400. The summed E-state index contributed by atoms with van der Waals surface area (Å²) in [6.07, 6.45) is 0.410. The van der Waals surface area contributed by atoms with Crippen molar-refractivity contribution in [2.75, 3.05) is 0 Å². The molecule has 0 aliphatic carbocycles. The summed E-state index contributed by atoms with van der Waals surface area (Å²) in [4.78, 5) is 12.4. The summed E-state index contributed by atoms with van der Waals surface area (Å²) in [5.41, 5.74) is 4.71. The number of ether oxygens (including phenoxy) is 2. The van der Waals surface area contributed by atoms with E-state index in [4.69, 9.17) is 14.6 Å². The van der Waals surface area contributed by atoms with Crippen molar-refractivity contribution >= 4 is 27.6 Å². The van der Waals surface area contributed by atoms with Crippen LogP contribution in [0.25, 0.3) is 0 Å². The van der Waals surface area contributed by atoms with Crippen LogP contribution in [0.1, 0.15) is 45.7 Å². The van der Waals surface area contributed by atoms with Gasteiger partial charge in [0.25, 0.3) is 0 Å². The Balaban J connectivity index is 1.29. The number of esters is 1. The van der Waals surface area contributed by atoms with E-state index >= 15 is 0 Å². The quantitative estimate of drug-likeness (QED) is 0.215. The molecule has 35 heavy (non-hydrogen) atoms. The van der Waals surface area contributed by atoms with Gasteiger partial charge in [-0.25, -0.2) is 9.80 Å². The van der Waals surface area contributed by atoms with Gasteiger partial charge in [0.05, 0.1) is 17.3 Å². The smallest absolute Gasteiger partial charge is 0.343 e. The van der Waals surface area contributed by atoms with Gasteiger partial charge in [-0.1, -0.05) is 64.5 Å². The molecule has 2 aliphatic heterocycles. The molecule has 0 spiro atoms. The van der Waals surface area contributed by atoms with Crippen LogP contribution in [0, 0.1) is 0 Å². The number of hydrogen-bond donors (Lipinski definition) is 0. The van der Waals surface area contributed by atoms with Crippen molar-refractivity contribution < 1.29 is 14.3 Å². The van der Waals surface area contributed by atoms with Gasteiger partial charge in [0.15, 0.2) is 0 Å². The van der Waals surface area contributed by atoms with Crippen LogP contribution in [-0.2, 0) is 0 Å². The second-order valence-corrected chi connectivity index (χ2v) is 9.40. The molecule has 4 aromatic rings. The number of carbonyl (C=O) groups excluding carboxylic acids is 1. The molecule has 0 unspecified atom stereocenters. The van der Waals surface area contributed by atoms with E-state index in [9.17, 15) is 4.79 Å². The highest BCUT2D eigenvalue weighted by molar-refractivity contribution is 9.10. The highest BCUT2D eigenvalue weighted by Crippen LogP contribution is 2.47. The maximum absolute atomic E-state index is 12.4. The van der Waals surface area contributed by atoms with E-state index in [-0.39, 0.29) is 18.2 Å². The highest BCUT2D eigenvalue weighted by Gasteiger charge is 2.40. The van der Waals surface area contributed by atoms with Crippen LogP contribution in [-0.4, -0.2) is 16.7 Å². The zero-order chi connectivity index (χ0) is 23.8. The molecule has 2 heterocycles. The Morgan fingerprint density at radius 3 is 2.37 bits per heavy atom. The fraction of sp³-hybridized carbons (Fsp3) is 0.103. The first kappa shape index (κ1) is 21.6. The van der Waals surface area contributed by atoms with Crippen molar-refractivity contribution in [1.29, 1.82) is 0 Å². The average molecular weight is 525 g/mol. The third kappa shape index (κ3) is 4.21. The van der Waals surface area contributed by atoms with Crippen molar-refractivity contribution in [1.82, 2.24) is 5.01 Å². The molecule has 0 saturated carbocycles. The number of halogens is 1. The number of rotatable bonds is 4. The number of hydrogen-bond acceptors (Lipinski definition) is 5. The lowest BCUT2D eigenvalue weighted by atomic mass is 9.96. The number of nitrogens with zero attached hydrogens (tertiary/aromatic N) is 2. The van der Waals surface area contributed by atoms with Gasteiger partial charge in [-0.05, 0) is 60.2 Å². The van der Waals surface area contributed by atoms with Crippen molar-refractivity contribution in [3.05, 3.63) is 130 Å². The Kier molecular flexibility index (Phi) is 5.58. The Morgan fingerprint density at radius 1 is 0.886 bits per heavy atom. The Labute approximate surface area is 211 Å². The largest absolute Gasteiger partial charge is 0.464 e. The van der Waals surface area contributed by atoms with E-state index < -0.39 is 0 Å². The van der Waals surface area contributed by atoms with Crippen LogP contribution >= 0.6 is 15.9 Å². The second kappa shape index (κ2) is 9.04. The first-order valence-corrected chi connectivity index (χ1v) is 12.2. The Morgan fingerprint density at radius 2 is 1.60 bits per heavy atom. The number of carbonyl (C=O) groups is 1. The Hall–Kier alpha value is -3.90. The fourth-order valence-electron chi connectivity index (χ4n) is 4.51. The van der Waals surface area contributed by atoms with Gasteiger partial charge in [-0.3, -0.25) is 0 Å². The SMILES string of the molecule is O=C(Oc1ccc([C@@H]2Oc3ccccc3[C@H]3CC(c4ccc(Br)cc4)=NN32)cc1)c1ccccc1. The first-order valence-electron chi connectivity index (χ1n) is 11.4. The molecule has 172 valence electrons. The summed E-state index contributed by atoms with van der Waals surface area (Å²) in [7, 11) is 0. The molecule has 0 bridgehead atoms. The lowest BCUT2D eigenvalue weighted by Crippen LogP contribution is -2.33. The van der Waals surface area contributed by atoms with Gasteiger partial charge in [-0.2, -0.15) is 5.10 Å². The summed E-state index contributed by atoms with van der Waals surface area (Å²) >= 11 is 3.51. The lowest BCUT2D eigenvalue weighted by molar-refractivity contribution is -0.0190. The van der Waals surface area contributed by atoms with Gasteiger partial charge in [-0.15, -0.1) is 0 Å². The van der Waals surface area contributed by atoms with Gasteiger partial charge >= 0.3 is 5.97 Å². The number of fused-ring (bicyclic) bond motifs is 3. The molecular weight excluding hydrogens is 504 g/mol. The molecule has 6 heteroatoms. The molecule has 0 N–H and O–H groups in total. The summed E-state index contributed by atoms with van der Waals surface area (Å²) in [6, 6.07) is 32.9. The zero-order valence-corrected chi connectivity index (χ0v) is 20.3. The maximum Gasteiger partial charge on any atom is 0.343 e. The molecule has 0 amide bonds. The summed E-state index contributed by atoms with van der Waals surface area (Å²) in [5, 5.41) is 7.05. The molecule has 6 rings (SSSR count). The van der Waals surface area contributed by atoms with Crippen molar-refractivity contribution in [3.8, 4) is 11.5 Å². The predicted octanol–water partition coefficient (Wildman–Crippen LogP) is 6.91. The average Bonchev–Trinajstić information content (AvgIpc) is 3.35. The molecule has 2 atom stereocenters. The maximum atomic E-state index is 12.4. The number of para-hydroxylation sites is 1. The van der Waals surface area contributed by atoms with Crippen molar-refractivity contribution in [2.24, 2.45) is 5.10 Å². The lowest BCUT2D eigenvalue weighted by Gasteiger charge is -2.38. The van der Waals surface area contributed by atoms with E-state index in [0.29, 0.717) is 11.3 Å². The molecule has 0 saturated heterocycles. The van der Waals surface area contributed by atoms with Crippen LogP contribution < -0.4 is 9.47 Å². The molecular formula is C29H21BrN2O3. The topological polar surface area (TPSA) is 51.1 Å². The monoisotopic (exact) mass is 524 g/mol. The standard InChI is InChI=1S/C29H21BrN2O3/c30-22-14-10-19(11-15-22)25-18-26-24-8-4-5-9-27(24)35-28(32(26)31-25)20-12-16-23(17-13-20)34-29(33)21-6-2-1-3-7-21/h1-17,26,28H,18H2/t26-,28+/m1/s1. The molecule has 0 aromatic heterocycles. The van der Waals surface area contributed by atoms with Crippen molar-refractivity contribution in [2.45, 2.75) is 18.7 Å². The summed E-state index contributed by atoms with van der Waals surface area (Å²) in [5.74, 6) is 0.964. The minimum atomic E-state index is -0.387. The molecule has 0 fully saturated rings. The first-order chi connectivity index (χ1) is 17.2. The second-order valence-electron chi connectivity index (χ2n) is 8.49. The molecule has 5 nitrogen and oxygen atoms in total. The van der Waals surface area contributed by atoms with E-state index in [0.717, 1.165) is 39.0 Å². The highest BCUT2D eigenvalue weighted by atomic mass is 79.9. The fourth-order valence-corrected chi connectivity index (χ4v) is 4.78. The molecule has 0 radical (unpaired) electrons. The molecule has 2 aliphatic rings. The minimum absolute atomic E-state index is 0.0826. The van der Waals surface area contributed by atoms with Crippen molar-refractivity contribution in [3.63, 3.8) is 0 Å². The summed E-state index contributed by atoms with van der Waals surface area (Å²) < 4.78 is 13.0. The third-order valence-electron chi connectivity index (χ3n) is 6.26. The zero-order valence-electron chi connectivity index (χ0n) is 18.7. The van der Waals surface area contributed by atoms with Gasteiger partial charge in [0.1, 0.15) is 11.5 Å². The minimum Gasteiger partial charge on any atom is -0.464 e. The van der Waals surface area contributed by atoms with E-state index in [1.54, 1.807) is 24.3 Å². The van der Waals surface area contributed by atoms with Gasteiger partial charge in [0.2, 0.25) is 6.23 Å². The van der Waals surface area contributed by atoms with Crippen LogP contribution in [0.2, 0.25) is 0 Å². The molecule has 4 aromatic carbocycles. The van der Waals surface area contributed by atoms with Crippen LogP contribution in [0.3, 0.4) is 0 Å². The van der Waals surface area contributed by atoms with E-state index in [1.165, 1.54) is 0 Å². The predicted molar refractivity (Wildman–Crippen MR) is 138 cm³/mol. The van der Waals surface area contributed by atoms with E-state index in [2.05, 4.69) is 34.1 Å². The number of hydrazone groups is 1. The summed E-state index contributed by atoms with van der Waals surface area (Å²) in [6.45, 7) is 0. The van der Waals surface area contributed by atoms with Gasteiger partial charge in [0, 0.05) is 22.0 Å². The number of benzene rings is 4. The van der Waals surface area contributed by atoms with Crippen LogP contribution in [0.4, 0.5) is 0 Å². The van der Waals surface area contributed by atoms with Crippen LogP contribution in [0.15, 0.2) is 113 Å².